The third-order valence-electron chi connectivity index (χ3n) is 3.50. The fraction of sp³-hybridized carbons (Fsp3) is 0.118. The third kappa shape index (κ3) is 2.99. The average Bonchev–Trinajstić information content (AvgIpc) is 2.49. The minimum absolute atomic E-state index is 0.711. The van der Waals surface area contributed by atoms with Crippen molar-refractivity contribution in [2.45, 2.75) is 13.3 Å². The fourth-order valence-electron chi connectivity index (χ4n) is 2.40. The number of hydrazine groups is 1. The van der Waals surface area contributed by atoms with Crippen LogP contribution in [-0.2, 0) is 6.42 Å². The number of hydrogen-bond donors (Lipinski definition) is 2. The number of aromatic nitrogens is 1. The van der Waals surface area contributed by atoms with Crippen LogP contribution >= 0.6 is 11.6 Å². The van der Waals surface area contributed by atoms with Crippen molar-refractivity contribution in [2.75, 3.05) is 5.43 Å². The fourth-order valence-corrected chi connectivity index (χ4v) is 2.53. The van der Waals surface area contributed by atoms with Crippen LogP contribution in [0, 0.1) is 6.92 Å². The molecule has 0 aliphatic heterocycles. The Bertz CT molecular complexity index is 782. The first-order valence-electron chi connectivity index (χ1n) is 6.77. The number of nitrogens with zero attached hydrogens (tertiary/aromatic N) is 1. The van der Waals surface area contributed by atoms with Gasteiger partial charge in [0.05, 0.1) is 5.52 Å². The van der Waals surface area contributed by atoms with Gasteiger partial charge in [0.2, 0.25) is 0 Å². The Balaban J connectivity index is 2.04. The van der Waals surface area contributed by atoms with Crippen molar-refractivity contribution >= 4 is 28.3 Å². The maximum absolute atomic E-state index is 5.92. The molecule has 0 fully saturated rings. The van der Waals surface area contributed by atoms with E-state index < -0.39 is 0 Å². The summed E-state index contributed by atoms with van der Waals surface area (Å²) in [5.41, 5.74) is 7.07. The van der Waals surface area contributed by atoms with Crippen molar-refractivity contribution in [1.29, 1.82) is 0 Å². The van der Waals surface area contributed by atoms with Gasteiger partial charge < -0.3 is 5.43 Å². The summed E-state index contributed by atoms with van der Waals surface area (Å²) in [4.78, 5) is 4.61. The Labute approximate surface area is 128 Å². The van der Waals surface area contributed by atoms with E-state index in [0.717, 1.165) is 27.9 Å². The molecule has 1 heterocycles. The molecule has 2 aromatic carbocycles. The number of rotatable bonds is 3. The lowest BCUT2D eigenvalue weighted by molar-refractivity contribution is 1.14. The summed E-state index contributed by atoms with van der Waals surface area (Å²) in [6.45, 7) is 2.05. The molecule has 0 atom stereocenters. The van der Waals surface area contributed by atoms with E-state index in [1.807, 2.05) is 24.3 Å². The van der Waals surface area contributed by atoms with Gasteiger partial charge >= 0.3 is 0 Å². The summed E-state index contributed by atoms with van der Waals surface area (Å²) in [5.74, 6) is 6.34. The molecule has 0 spiro atoms. The van der Waals surface area contributed by atoms with Gasteiger partial charge in [-0.2, -0.15) is 0 Å². The van der Waals surface area contributed by atoms with Gasteiger partial charge in [-0.05, 0) is 42.3 Å². The molecular weight excluding hydrogens is 282 g/mol. The highest BCUT2D eigenvalue weighted by Crippen LogP contribution is 2.24. The molecule has 106 valence electrons. The van der Waals surface area contributed by atoms with Crippen molar-refractivity contribution in [2.24, 2.45) is 5.84 Å². The Kier molecular flexibility index (Phi) is 3.78. The molecule has 3 N–H and O–H groups in total. The minimum atomic E-state index is 0.711. The van der Waals surface area contributed by atoms with E-state index in [2.05, 4.69) is 41.6 Å². The van der Waals surface area contributed by atoms with Crippen LogP contribution in [0.25, 0.3) is 10.9 Å². The van der Waals surface area contributed by atoms with E-state index in [1.165, 1.54) is 11.1 Å². The standard InChI is InChI=1S/C17H16ClN3/c1-11-2-5-13-10-14(17(21-19)20-16(13)8-11)9-12-3-6-15(18)7-4-12/h2-8,10H,9,19H2,1H3,(H,20,21). The van der Waals surface area contributed by atoms with E-state index >= 15 is 0 Å². The van der Waals surface area contributed by atoms with Gasteiger partial charge in [-0.1, -0.05) is 35.9 Å². The third-order valence-corrected chi connectivity index (χ3v) is 3.75. The number of fused-ring (bicyclic) bond motifs is 1. The zero-order chi connectivity index (χ0) is 14.8. The molecular formula is C17H16ClN3. The zero-order valence-electron chi connectivity index (χ0n) is 11.7. The highest BCUT2D eigenvalue weighted by Gasteiger charge is 2.07. The largest absolute Gasteiger partial charge is 0.308 e. The van der Waals surface area contributed by atoms with Gasteiger partial charge in [-0.3, -0.25) is 0 Å². The van der Waals surface area contributed by atoms with E-state index in [-0.39, 0.29) is 0 Å². The normalized spacial score (nSPS) is 10.8. The molecule has 0 aliphatic rings. The van der Waals surface area contributed by atoms with Gasteiger partial charge in [-0.25, -0.2) is 10.8 Å². The van der Waals surface area contributed by atoms with E-state index in [1.54, 1.807) is 0 Å². The summed E-state index contributed by atoms with van der Waals surface area (Å²) in [7, 11) is 0. The molecule has 3 nitrogen and oxygen atoms in total. The summed E-state index contributed by atoms with van der Waals surface area (Å²) in [6, 6.07) is 16.2. The van der Waals surface area contributed by atoms with Crippen molar-refractivity contribution in [3.8, 4) is 0 Å². The molecule has 21 heavy (non-hydrogen) atoms. The van der Waals surface area contributed by atoms with Crippen LogP contribution in [-0.4, -0.2) is 4.98 Å². The maximum Gasteiger partial charge on any atom is 0.144 e. The lowest BCUT2D eigenvalue weighted by Crippen LogP contribution is -2.11. The quantitative estimate of drug-likeness (QED) is 0.566. The SMILES string of the molecule is Cc1ccc2cc(Cc3ccc(Cl)cc3)c(NN)nc2c1. The first kappa shape index (κ1) is 13.9. The minimum Gasteiger partial charge on any atom is -0.308 e. The number of pyridine rings is 1. The van der Waals surface area contributed by atoms with Gasteiger partial charge in [0.25, 0.3) is 0 Å². The number of nitrogen functional groups attached to an aromatic ring is 1. The number of anilines is 1. The molecule has 0 radical (unpaired) electrons. The van der Waals surface area contributed by atoms with Gasteiger partial charge in [-0.15, -0.1) is 0 Å². The smallest absolute Gasteiger partial charge is 0.144 e. The van der Waals surface area contributed by atoms with Crippen LogP contribution in [0.15, 0.2) is 48.5 Å². The Morgan fingerprint density at radius 3 is 2.57 bits per heavy atom. The van der Waals surface area contributed by atoms with Gasteiger partial charge in [0, 0.05) is 22.4 Å². The number of nitrogens with two attached hydrogens (primary N) is 1. The summed E-state index contributed by atoms with van der Waals surface area (Å²) < 4.78 is 0. The predicted octanol–water partition coefficient (Wildman–Crippen LogP) is 4.07. The van der Waals surface area contributed by atoms with Crippen LogP contribution in [0.2, 0.25) is 5.02 Å². The van der Waals surface area contributed by atoms with E-state index in [4.69, 9.17) is 17.4 Å². The van der Waals surface area contributed by atoms with Gasteiger partial charge in [0.15, 0.2) is 0 Å². The number of benzene rings is 2. The topological polar surface area (TPSA) is 50.9 Å². The summed E-state index contributed by atoms with van der Waals surface area (Å²) in [6.07, 6.45) is 0.757. The Morgan fingerprint density at radius 2 is 1.86 bits per heavy atom. The first-order valence-corrected chi connectivity index (χ1v) is 7.15. The molecule has 0 aliphatic carbocycles. The molecule has 4 heteroatoms. The first-order chi connectivity index (χ1) is 10.2. The highest BCUT2D eigenvalue weighted by atomic mass is 35.5. The second kappa shape index (κ2) is 5.72. The van der Waals surface area contributed by atoms with E-state index in [0.29, 0.717) is 5.82 Å². The number of aryl methyl sites for hydroxylation is 1. The van der Waals surface area contributed by atoms with Crippen molar-refractivity contribution in [3.63, 3.8) is 0 Å². The molecule has 0 unspecified atom stereocenters. The highest BCUT2D eigenvalue weighted by molar-refractivity contribution is 6.30. The van der Waals surface area contributed by atoms with Gasteiger partial charge in [0.1, 0.15) is 5.82 Å². The van der Waals surface area contributed by atoms with Crippen LogP contribution in [0.3, 0.4) is 0 Å². The van der Waals surface area contributed by atoms with Crippen molar-refractivity contribution in [1.82, 2.24) is 4.98 Å². The predicted molar refractivity (Wildman–Crippen MR) is 88.5 cm³/mol. The lowest BCUT2D eigenvalue weighted by Gasteiger charge is -2.10. The number of hydrogen-bond acceptors (Lipinski definition) is 3. The molecule has 3 rings (SSSR count). The molecule has 0 saturated heterocycles. The monoisotopic (exact) mass is 297 g/mol. The lowest BCUT2D eigenvalue weighted by atomic mass is 10.0. The van der Waals surface area contributed by atoms with Crippen molar-refractivity contribution in [3.05, 3.63) is 70.2 Å². The number of nitrogens with one attached hydrogen (secondary N) is 1. The van der Waals surface area contributed by atoms with Crippen LogP contribution in [0.1, 0.15) is 16.7 Å². The second-order valence-corrected chi connectivity index (χ2v) is 5.58. The van der Waals surface area contributed by atoms with Crippen LogP contribution in [0.4, 0.5) is 5.82 Å². The zero-order valence-corrected chi connectivity index (χ0v) is 12.5. The van der Waals surface area contributed by atoms with Crippen molar-refractivity contribution < 1.29 is 0 Å². The molecule has 3 aromatic rings. The molecule has 0 amide bonds. The molecule has 0 bridgehead atoms. The molecule has 1 aromatic heterocycles. The average molecular weight is 298 g/mol. The Hall–Kier alpha value is -2.10. The molecule has 0 saturated carbocycles. The second-order valence-electron chi connectivity index (χ2n) is 5.14. The summed E-state index contributed by atoms with van der Waals surface area (Å²) in [5, 5.41) is 1.85. The van der Waals surface area contributed by atoms with E-state index in [9.17, 15) is 0 Å². The number of halogens is 1. The summed E-state index contributed by atoms with van der Waals surface area (Å²) >= 11 is 5.92. The van der Waals surface area contributed by atoms with Crippen LogP contribution in [0.5, 0.6) is 0 Å². The van der Waals surface area contributed by atoms with Crippen LogP contribution < -0.4 is 11.3 Å². The Morgan fingerprint density at radius 1 is 1.10 bits per heavy atom. The maximum atomic E-state index is 5.92.